The van der Waals surface area contributed by atoms with E-state index in [1.807, 2.05) is 48.3 Å². The molecule has 0 bridgehead atoms. The average Bonchev–Trinajstić information content (AvgIpc) is 2.69. The van der Waals surface area contributed by atoms with Gasteiger partial charge in [0.25, 0.3) is 0 Å². The van der Waals surface area contributed by atoms with Crippen molar-refractivity contribution < 1.29 is 4.79 Å². The van der Waals surface area contributed by atoms with Crippen molar-refractivity contribution in [2.75, 3.05) is 27.2 Å². The first-order chi connectivity index (χ1) is 12.6. The second-order valence-corrected chi connectivity index (χ2v) is 7.21. The molecule has 0 aromatic heterocycles. The van der Waals surface area contributed by atoms with Crippen LogP contribution in [0.25, 0.3) is 0 Å². The van der Waals surface area contributed by atoms with Crippen LogP contribution in [0.3, 0.4) is 0 Å². The third-order valence-corrected chi connectivity index (χ3v) is 5.29. The zero-order valence-corrected chi connectivity index (χ0v) is 15.8. The van der Waals surface area contributed by atoms with Gasteiger partial charge in [0.05, 0.1) is 6.04 Å². The highest BCUT2D eigenvalue weighted by molar-refractivity contribution is 5.75. The van der Waals surface area contributed by atoms with Gasteiger partial charge in [0.15, 0.2) is 0 Å². The van der Waals surface area contributed by atoms with E-state index in [-0.39, 0.29) is 12.1 Å². The zero-order valence-electron chi connectivity index (χ0n) is 15.8. The van der Waals surface area contributed by atoms with E-state index in [0.717, 1.165) is 30.6 Å². The molecule has 0 aliphatic carbocycles. The number of amides is 2. The minimum atomic E-state index is -0.142. The number of likely N-dealkylation sites (tertiary alicyclic amines) is 1. The van der Waals surface area contributed by atoms with E-state index in [9.17, 15) is 4.79 Å². The molecular weight excluding hydrogens is 322 g/mol. The number of hydrogen-bond donors (Lipinski definition) is 1. The number of hydrogen-bond acceptors (Lipinski definition) is 2. The van der Waals surface area contributed by atoms with Crippen molar-refractivity contribution >= 4 is 6.03 Å². The number of piperidine rings is 1. The molecule has 4 nitrogen and oxygen atoms in total. The third-order valence-electron chi connectivity index (χ3n) is 5.29. The molecule has 3 rings (SSSR count). The van der Waals surface area contributed by atoms with Gasteiger partial charge in [-0.25, -0.2) is 4.79 Å². The van der Waals surface area contributed by atoms with Gasteiger partial charge < -0.3 is 15.1 Å². The van der Waals surface area contributed by atoms with Crippen molar-refractivity contribution in [3.8, 4) is 0 Å². The van der Waals surface area contributed by atoms with Crippen molar-refractivity contribution in [3.63, 3.8) is 0 Å². The average molecular weight is 351 g/mol. The minimum Gasteiger partial charge on any atom is -0.327 e. The molecule has 2 aromatic rings. The molecular formula is C22H29N3O. The summed E-state index contributed by atoms with van der Waals surface area (Å²) in [5.41, 5.74) is 2.19. The topological polar surface area (TPSA) is 35.6 Å². The van der Waals surface area contributed by atoms with Gasteiger partial charge in [-0.3, -0.25) is 0 Å². The fourth-order valence-electron chi connectivity index (χ4n) is 3.66. The fraction of sp³-hybridized carbons (Fsp3) is 0.409. The van der Waals surface area contributed by atoms with Crippen LogP contribution >= 0.6 is 0 Å². The molecule has 2 amide bonds. The number of nitrogens with one attached hydrogen (secondary N) is 1. The van der Waals surface area contributed by atoms with Crippen LogP contribution in [0, 0.1) is 0 Å². The summed E-state index contributed by atoms with van der Waals surface area (Å²) in [4.78, 5) is 17.1. The van der Waals surface area contributed by atoms with E-state index in [2.05, 4.69) is 41.5 Å². The third kappa shape index (κ3) is 4.64. The molecule has 1 fully saturated rings. The Hall–Kier alpha value is -2.33. The van der Waals surface area contributed by atoms with Crippen LogP contribution in [-0.2, 0) is 0 Å². The van der Waals surface area contributed by atoms with E-state index in [4.69, 9.17) is 0 Å². The maximum absolute atomic E-state index is 12.9. The summed E-state index contributed by atoms with van der Waals surface area (Å²) in [5.74, 6) is 0. The number of carbonyl (C=O) groups excluding carboxylic acids is 1. The predicted molar refractivity (Wildman–Crippen MR) is 106 cm³/mol. The highest BCUT2D eigenvalue weighted by atomic mass is 16.2. The molecule has 1 N–H and O–H groups in total. The van der Waals surface area contributed by atoms with Crippen molar-refractivity contribution in [1.29, 1.82) is 0 Å². The van der Waals surface area contributed by atoms with Gasteiger partial charge in [-0.2, -0.15) is 0 Å². The molecule has 0 spiro atoms. The SMILES string of the molecule is CN(CC1CCCCN1C)C(=O)NC(c1ccccc1)c1ccccc1. The summed E-state index contributed by atoms with van der Waals surface area (Å²) in [6.45, 7) is 1.88. The van der Waals surface area contributed by atoms with E-state index in [1.165, 1.54) is 12.8 Å². The Bertz CT molecular complexity index is 650. The van der Waals surface area contributed by atoms with Crippen molar-refractivity contribution in [3.05, 3.63) is 71.8 Å². The maximum atomic E-state index is 12.9. The molecule has 1 aliphatic rings. The molecule has 26 heavy (non-hydrogen) atoms. The fourth-order valence-corrected chi connectivity index (χ4v) is 3.66. The number of benzene rings is 2. The normalized spacial score (nSPS) is 17.9. The minimum absolute atomic E-state index is 0.0262. The first kappa shape index (κ1) is 18.5. The molecule has 1 atom stereocenters. The summed E-state index contributed by atoms with van der Waals surface area (Å²) >= 11 is 0. The van der Waals surface area contributed by atoms with Crippen LogP contribution < -0.4 is 5.32 Å². The highest BCUT2D eigenvalue weighted by Gasteiger charge is 2.24. The molecule has 4 heteroatoms. The summed E-state index contributed by atoms with van der Waals surface area (Å²) in [7, 11) is 4.05. The first-order valence-corrected chi connectivity index (χ1v) is 9.47. The Labute approximate surface area is 156 Å². The van der Waals surface area contributed by atoms with Crippen LogP contribution in [0.1, 0.15) is 36.4 Å². The Balaban J connectivity index is 1.71. The largest absolute Gasteiger partial charge is 0.327 e. The summed E-state index contributed by atoms with van der Waals surface area (Å²) < 4.78 is 0. The number of likely N-dealkylation sites (N-methyl/N-ethyl adjacent to an activating group) is 2. The standard InChI is InChI=1S/C22H29N3O/c1-24-16-10-9-15-20(24)17-25(2)22(26)23-21(18-11-5-3-6-12-18)19-13-7-4-8-14-19/h3-8,11-14,20-21H,9-10,15-17H2,1-2H3,(H,23,26). The quantitative estimate of drug-likeness (QED) is 0.887. The number of nitrogens with zero attached hydrogens (tertiary/aromatic N) is 2. The molecule has 1 saturated heterocycles. The van der Waals surface area contributed by atoms with Gasteiger partial charge in [-0.1, -0.05) is 67.1 Å². The van der Waals surface area contributed by atoms with Crippen molar-refractivity contribution in [2.24, 2.45) is 0 Å². The van der Waals surface area contributed by atoms with E-state index < -0.39 is 0 Å². The maximum Gasteiger partial charge on any atom is 0.317 e. The van der Waals surface area contributed by atoms with Gasteiger partial charge >= 0.3 is 6.03 Å². The lowest BCUT2D eigenvalue weighted by atomic mass is 9.99. The molecule has 1 aliphatic heterocycles. The van der Waals surface area contributed by atoms with Crippen LogP contribution in [0.15, 0.2) is 60.7 Å². The van der Waals surface area contributed by atoms with Crippen molar-refractivity contribution in [1.82, 2.24) is 15.1 Å². The smallest absolute Gasteiger partial charge is 0.317 e. The van der Waals surface area contributed by atoms with Gasteiger partial charge in [-0.05, 0) is 37.6 Å². The molecule has 2 aromatic carbocycles. The Kier molecular flexibility index (Phi) is 6.29. The molecule has 0 saturated carbocycles. The summed E-state index contributed by atoms with van der Waals surface area (Å²) in [6.07, 6.45) is 3.67. The van der Waals surface area contributed by atoms with Crippen LogP contribution in [0.4, 0.5) is 4.79 Å². The summed E-state index contributed by atoms with van der Waals surface area (Å²) in [6, 6.07) is 20.6. The Morgan fingerprint density at radius 3 is 2.19 bits per heavy atom. The second kappa shape index (κ2) is 8.86. The molecule has 0 radical (unpaired) electrons. The van der Waals surface area contributed by atoms with Gasteiger partial charge in [0, 0.05) is 19.6 Å². The Morgan fingerprint density at radius 1 is 1.08 bits per heavy atom. The van der Waals surface area contributed by atoms with Gasteiger partial charge in [0.1, 0.15) is 0 Å². The van der Waals surface area contributed by atoms with Crippen LogP contribution in [0.2, 0.25) is 0 Å². The highest BCUT2D eigenvalue weighted by Crippen LogP contribution is 2.22. The number of carbonyl (C=O) groups is 1. The number of rotatable bonds is 5. The van der Waals surface area contributed by atoms with E-state index in [0.29, 0.717) is 6.04 Å². The summed E-state index contributed by atoms with van der Waals surface area (Å²) in [5, 5.41) is 3.22. The lowest BCUT2D eigenvalue weighted by molar-refractivity contribution is 0.143. The monoisotopic (exact) mass is 351 g/mol. The predicted octanol–water partition coefficient (Wildman–Crippen LogP) is 3.90. The van der Waals surface area contributed by atoms with Crippen molar-refractivity contribution in [2.45, 2.75) is 31.3 Å². The number of urea groups is 1. The second-order valence-electron chi connectivity index (χ2n) is 7.21. The van der Waals surface area contributed by atoms with Gasteiger partial charge in [-0.15, -0.1) is 0 Å². The van der Waals surface area contributed by atoms with E-state index >= 15 is 0 Å². The molecule has 1 unspecified atom stereocenters. The lowest BCUT2D eigenvalue weighted by Crippen LogP contribution is -2.48. The van der Waals surface area contributed by atoms with E-state index in [1.54, 1.807) is 0 Å². The first-order valence-electron chi connectivity index (χ1n) is 9.47. The molecule has 138 valence electrons. The molecule has 1 heterocycles. The van der Waals surface area contributed by atoms with Gasteiger partial charge in [0.2, 0.25) is 0 Å². The Morgan fingerprint density at radius 2 is 1.65 bits per heavy atom. The van der Waals surface area contributed by atoms with Crippen LogP contribution in [0.5, 0.6) is 0 Å². The van der Waals surface area contributed by atoms with Crippen LogP contribution in [-0.4, -0.2) is 49.1 Å². The lowest BCUT2D eigenvalue weighted by Gasteiger charge is -2.35. The zero-order chi connectivity index (χ0) is 18.4.